The highest BCUT2D eigenvalue weighted by atomic mass is 32.1. The molecular weight excluding hydrogens is 267 g/mol. The first-order valence-corrected chi connectivity index (χ1v) is 6.63. The third-order valence-electron chi connectivity index (χ3n) is 2.68. The Labute approximate surface area is 107 Å². The van der Waals surface area contributed by atoms with Gasteiger partial charge in [0.1, 0.15) is 0 Å². The van der Waals surface area contributed by atoms with Crippen molar-refractivity contribution >= 4 is 16.5 Å². The molecule has 2 heterocycles. The summed E-state index contributed by atoms with van der Waals surface area (Å²) in [7, 11) is 0. The Balaban J connectivity index is 1.74. The van der Waals surface area contributed by atoms with Gasteiger partial charge in [-0.15, -0.1) is 10.2 Å². The average Bonchev–Trinajstić information content (AvgIpc) is 2.79. The van der Waals surface area contributed by atoms with Crippen LogP contribution in [0.2, 0.25) is 0 Å². The summed E-state index contributed by atoms with van der Waals surface area (Å²) < 4.78 is 42.3. The van der Waals surface area contributed by atoms with E-state index in [9.17, 15) is 13.2 Å². The molecule has 0 spiro atoms. The van der Waals surface area contributed by atoms with Crippen LogP contribution in [-0.4, -0.2) is 29.5 Å². The van der Waals surface area contributed by atoms with Gasteiger partial charge in [-0.3, -0.25) is 0 Å². The van der Waals surface area contributed by atoms with Crippen molar-refractivity contribution in [2.24, 2.45) is 0 Å². The van der Waals surface area contributed by atoms with Crippen molar-refractivity contribution in [3.8, 4) is 0 Å². The Kier molecular flexibility index (Phi) is 4.39. The number of ether oxygens (including phenoxy) is 1. The second-order valence-electron chi connectivity index (χ2n) is 4.11. The number of rotatable bonds is 4. The molecule has 1 unspecified atom stereocenters. The SMILES string of the molecule is FC(F)(F)c1nnc(NCCC2CCCCO2)s1. The molecule has 1 atom stereocenters. The Morgan fingerprint density at radius 1 is 1.33 bits per heavy atom. The number of hydrogen-bond donors (Lipinski definition) is 1. The van der Waals surface area contributed by atoms with Gasteiger partial charge in [0.05, 0.1) is 6.10 Å². The van der Waals surface area contributed by atoms with E-state index in [1.807, 2.05) is 0 Å². The van der Waals surface area contributed by atoms with Crippen LogP contribution in [0.25, 0.3) is 0 Å². The lowest BCUT2D eigenvalue weighted by Crippen LogP contribution is -2.21. The lowest BCUT2D eigenvalue weighted by molar-refractivity contribution is -0.138. The van der Waals surface area contributed by atoms with Crippen LogP contribution in [0.15, 0.2) is 0 Å². The molecular formula is C10H14F3N3OS. The largest absolute Gasteiger partial charge is 0.445 e. The maximum atomic E-state index is 12.3. The molecule has 1 saturated heterocycles. The van der Waals surface area contributed by atoms with E-state index < -0.39 is 11.2 Å². The molecule has 0 bridgehead atoms. The van der Waals surface area contributed by atoms with E-state index in [1.165, 1.54) is 0 Å². The Morgan fingerprint density at radius 2 is 2.17 bits per heavy atom. The van der Waals surface area contributed by atoms with E-state index in [2.05, 4.69) is 15.5 Å². The van der Waals surface area contributed by atoms with Gasteiger partial charge in [-0.1, -0.05) is 11.3 Å². The molecule has 1 aromatic heterocycles. The van der Waals surface area contributed by atoms with Crippen LogP contribution in [0.5, 0.6) is 0 Å². The zero-order chi connectivity index (χ0) is 13.0. The molecule has 1 aromatic rings. The molecule has 0 amide bonds. The normalized spacial score (nSPS) is 20.9. The molecule has 0 aromatic carbocycles. The maximum absolute atomic E-state index is 12.3. The lowest BCUT2D eigenvalue weighted by atomic mass is 10.1. The molecule has 0 aliphatic carbocycles. The van der Waals surface area contributed by atoms with E-state index in [0.29, 0.717) is 17.9 Å². The number of nitrogens with one attached hydrogen (secondary N) is 1. The predicted octanol–water partition coefficient (Wildman–Crippen LogP) is 2.93. The molecule has 102 valence electrons. The standard InChI is InChI=1S/C10H14F3N3OS/c11-10(12,13)8-15-16-9(18-8)14-5-4-7-3-1-2-6-17-7/h7H,1-6H2,(H,14,16). The molecule has 2 rings (SSSR count). The van der Waals surface area contributed by atoms with Gasteiger partial charge in [0, 0.05) is 13.2 Å². The Hall–Kier alpha value is -0.890. The second kappa shape index (κ2) is 5.83. The van der Waals surface area contributed by atoms with Crippen molar-refractivity contribution in [1.82, 2.24) is 10.2 Å². The highest BCUT2D eigenvalue weighted by molar-refractivity contribution is 7.15. The van der Waals surface area contributed by atoms with Gasteiger partial charge in [0.2, 0.25) is 10.1 Å². The highest BCUT2D eigenvalue weighted by Crippen LogP contribution is 2.32. The minimum Gasteiger partial charge on any atom is -0.378 e. The predicted molar refractivity (Wildman–Crippen MR) is 61.6 cm³/mol. The van der Waals surface area contributed by atoms with Crippen LogP contribution < -0.4 is 5.32 Å². The van der Waals surface area contributed by atoms with Crippen LogP contribution in [0.4, 0.5) is 18.3 Å². The van der Waals surface area contributed by atoms with Crippen LogP contribution >= 0.6 is 11.3 Å². The fourth-order valence-corrected chi connectivity index (χ4v) is 2.42. The quantitative estimate of drug-likeness (QED) is 0.921. The Bertz CT molecular complexity index is 377. The van der Waals surface area contributed by atoms with Crippen molar-refractivity contribution in [1.29, 1.82) is 0 Å². The summed E-state index contributed by atoms with van der Waals surface area (Å²) in [5.74, 6) is 0. The van der Waals surface area contributed by atoms with Crippen molar-refractivity contribution in [3.63, 3.8) is 0 Å². The van der Waals surface area contributed by atoms with Gasteiger partial charge in [0.25, 0.3) is 0 Å². The fourth-order valence-electron chi connectivity index (χ4n) is 1.78. The molecule has 0 saturated carbocycles. The number of halogens is 3. The maximum Gasteiger partial charge on any atom is 0.445 e. The minimum absolute atomic E-state index is 0.207. The number of aromatic nitrogens is 2. The fraction of sp³-hybridized carbons (Fsp3) is 0.800. The number of nitrogens with zero attached hydrogens (tertiary/aromatic N) is 2. The number of anilines is 1. The van der Waals surface area contributed by atoms with Crippen LogP contribution in [-0.2, 0) is 10.9 Å². The third-order valence-corrected chi connectivity index (χ3v) is 3.61. The topological polar surface area (TPSA) is 47.0 Å². The highest BCUT2D eigenvalue weighted by Gasteiger charge is 2.35. The van der Waals surface area contributed by atoms with Crippen molar-refractivity contribution < 1.29 is 17.9 Å². The number of alkyl halides is 3. The average molecular weight is 281 g/mol. The molecule has 1 aliphatic heterocycles. The lowest BCUT2D eigenvalue weighted by Gasteiger charge is -2.22. The van der Waals surface area contributed by atoms with Gasteiger partial charge >= 0.3 is 6.18 Å². The van der Waals surface area contributed by atoms with E-state index in [0.717, 1.165) is 32.3 Å². The molecule has 1 fully saturated rings. The zero-order valence-corrected chi connectivity index (χ0v) is 10.5. The first kappa shape index (κ1) is 13.5. The number of hydrogen-bond acceptors (Lipinski definition) is 5. The van der Waals surface area contributed by atoms with Crippen molar-refractivity contribution in [2.75, 3.05) is 18.5 Å². The summed E-state index contributed by atoms with van der Waals surface area (Å²) in [6.45, 7) is 1.33. The minimum atomic E-state index is -4.41. The summed E-state index contributed by atoms with van der Waals surface area (Å²) in [6, 6.07) is 0. The summed E-state index contributed by atoms with van der Waals surface area (Å²) in [5.41, 5.74) is 0. The van der Waals surface area contributed by atoms with Gasteiger partial charge in [-0.2, -0.15) is 13.2 Å². The van der Waals surface area contributed by atoms with Crippen molar-refractivity contribution in [3.05, 3.63) is 5.01 Å². The van der Waals surface area contributed by atoms with Crippen LogP contribution in [0.1, 0.15) is 30.7 Å². The van der Waals surface area contributed by atoms with Gasteiger partial charge in [-0.25, -0.2) is 0 Å². The Morgan fingerprint density at radius 3 is 2.78 bits per heavy atom. The van der Waals surface area contributed by atoms with Gasteiger partial charge < -0.3 is 10.1 Å². The van der Waals surface area contributed by atoms with E-state index in [1.54, 1.807) is 0 Å². The summed E-state index contributed by atoms with van der Waals surface area (Å²) in [6.07, 6.45) is -0.158. The summed E-state index contributed by atoms with van der Waals surface area (Å²) in [4.78, 5) is 0. The molecule has 4 nitrogen and oxygen atoms in total. The third kappa shape index (κ3) is 3.81. The first-order chi connectivity index (χ1) is 8.55. The zero-order valence-electron chi connectivity index (χ0n) is 9.66. The molecule has 1 N–H and O–H groups in total. The smallest absolute Gasteiger partial charge is 0.378 e. The summed E-state index contributed by atoms with van der Waals surface area (Å²) in [5, 5.41) is 8.70. The molecule has 0 radical (unpaired) electrons. The van der Waals surface area contributed by atoms with E-state index in [4.69, 9.17) is 4.74 Å². The van der Waals surface area contributed by atoms with Gasteiger partial charge in [-0.05, 0) is 25.7 Å². The first-order valence-electron chi connectivity index (χ1n) is 5.82. The van der Waals surface area contributed by atoms with Crippen molar-refractivity contribution in [2.45, 2.75) is 38.0 Å². The molecule has 8 heteroatoms. The van der Waals surface area contributed by atoms with E-state index >= 15 is 0 Å². The van der Waals surface area contributed by atoms with Crippen LogP contribution in [0.3, 0.4) is 0 Å². The molecule has 18 heavy (non-hydrogen) atoms. The van der Waals surface area contributed by atoms with Gasteiger partial charge in [0.15, 0.2) is 0 Å². The van der Waals surface area contributed by atoms with Crippen LogP contribution in [0, 0.1) is 0 Å². The molecule has 1 aliphatic rings. The summed E-state index contributed by atoms with van der Waals surface area (Å²) >= 11 is 0.527. The second-order valence-corrected chi connectivity index (χ2v) is 5.09. The van der Waals surface area contributed by atoms with E-state index in [-0.39, 0.29) is 11.2 Å². The monoisotopic (exact) mass is 281 g/mol.